The Bertz CT molecular complexity index is 2260. The summed E-state index contributed by atoms with van der Waals surface area (Å²) >= 11 is 1.87. The molecule has 0 saturated carbocycles. The highest BCUT2D eigenvalue weighted by Gasteiger charge is 2.13. The molecule has 5 rings (SSSR count). The molecule has 5 aromatic rings. The summed E-state index contributed by atoms with van der Waals surface area (Å²) in [5, 5.41) is 4.78. The van der Waals surface area contributed by atoms with Crippen molar-refractivity contribution >= 4 is 68.0 Å². The number of rotatable bonds is 10. The molecule has 1 aromatic heterocycles. The van der Waals surface area contributed by atoms with Crippen LogP contribution >= 0.6 is 11.3 Å². The lowest BCUT2D eigenvalue weighted by atomic mass is 9.94. The highest BCUT2D eigenvalue weighted by molar-refractivity contribution is 7.25. The number of hydrogen-bond acceptors (Lipinski definition) is 1. The first-order valence-electron chi connectivity index (χ1n) is 16.3. The number of hydrogen-bond donors (Lipinski definition) is 0. The van der Waals surface area contributed by atoms with Gasteiger partial charge in [-0.05, 0) is 124 Å². The van der Waals surface area contributed by atoms with E-state index in [0.717, 1.165) is 39.1 Å². The minimum absolute atomic E-state index is 0.904. The van der Waals surface area contributed by atoms with E-state index in [-0.39, 0.29) is 0 Å². The van der Waals surface area contributed by atoms with Crippen LogP contribution < -0.4 is 10.4 Å². The van der Waals surface area contributed by atoms with Crippen LogP contribution in [0.3, 0.4) is 0 Å². The molecule has 0 aliphatic carbocycles. The van der Waals surface area contributed by atoms with Crippen molar-refractivity contribution in [2.45, 2.75) is 41.0 Å². The van der Waals surface area contributed by atoms with Crippen molar-refractivity contribution in [3.63, 3.8) is 0 Å². The average molecular weight is 629 g/mol. The fourth-order valence-electron chi connectivity index (χ4n) is 5.82. The van der Waals surface area contributed by atoms with Gasteiger partial charge in [-0.3, -0.25) is 0 Å². The summed E-state index contributed by atoms with van der Waals surface area (Å²) < 4.78 is 2.62. The molecule has 0 aliphatic heterocycles. The first-order chi connectivity index (χ1) is 22.7. The van der Waals surface area contributed by atoms with Gasteiger partial charge in [-0.15, -0.1) is 11.3 Å². The van der Waals surface area contributed by atoms with E-state index >= 15 is 0 Å². The molecule has 0 atom stereocenters. The van der Waals surface area contributed by atoms with Gasteiger partial charge < -0.3 is 0 Å². The Morgan fingerprint density at radius 2 is 1.57 bits per heavy atom. The van der Waals surface area contributed by atoms with E-state index in [1.54, 1.807) is 0 Å². The van der Waals surface area contributed by atoms with Gasteiger partial charge in [0.2, 0.25) is 0 Å². The van der Waals surface area contributed by atoms with E-state index in [2.05, 4.69) is 157 Å². The fourth-order valence-corrected chi connectivity index (χ4v) is 6.94. The van der Waals surface area contributed by atoms with Crippen molar-refractivity contribution in [3.05, 3.63) is 166 Å². The summed E-state index contributed by atoms with van der Waals surface area (Å²) in [6, 6.07) is 24.7. The molecule has 0 radical (unpaired) electrons. The highest BCUT2D eigenvalue weighted by atomic mass is 32.1. The highest BCUT2D eigenvalue weighted by Crippen LogP contribution is 2.41. The van der Waals surface area contributed by atoms with Gasteiger partial charge in [0, 0.05) is 20.2 Å². The fraction of sp³-hybridized carbons (Fsp3) is 0.130. The molecule has 47 heavy (non-hydrogen) atoms. The van der Waals surface area contributed by atoms with Crippen molar-refractivity contribution in [2.75, 3.05) is 0 Å². The Morgan fingerprint density at radius 3 is 2.34 bits per heavy atom. The number of allylic oxidation sites excluding steroid dienone is 9. The molecule has 4 aromatic carbocycles. The molecule has 0 bridgehead atoms. The van der Waals surface area contributed by atoms with Gasteiger partial charge >= 0.3 is 0 Å². The van der Waals surface area contributed by atoms with Crippen molar-refractivity contribution in [3.8, 4) is 11.1 Å². The lowest BCUT2D eigenvalue weighted by molar-refractivity contribution is 1.23. The molecule has 0 fully saturated rings. The van der Waals surface area contributed by atoms with E-state index < -0.39 is 0 Å². The smallest absolute Gasteiger partial charge is 0.0361 e. The molecule has 0 spiro atoms. The van der Waals surface area contributed by atoms with Crippen LogP contribution in [-0.2, 0) is 0 Å². The van der Waals surface area contributed by atoms with Crippen LogP contribution in [0, 0.1) is 6.92 Å². The predicted octanol–water partition coefficient (Wildman–Crippen LogP) is 12.5. The molecule has 0 amide bonds. The Morgan fingerprint density at radius 1 is 0.787 bits per heavy atom. The largest absolute Gasteiger partial charge is 0.135 e. The van der Waals surface area contributed by atoms with E-state index in [0.29, 0.717) is 0 Å². The van der Waals surface area contributed by atoms with Crippen molar-refractivity contribution in [1.82, 2.24) is 0 Å². The number of thiophene rings is 1. The van der Waals surface area contributed by atoms with Crippen molar-refractivity contribution in [2.24, 2.45) is 0 Å². The van der Waals surface area contributed by atoms with Crippen LogP contribution in [0.25, 0.3) is 67.8 Å². The van der Waals surface area contributed by atoms with Crippen LogP contribution in [-0.4, -0.2) is 0 Å². The van der Waals surface area contributed by atoms with Crippen LogP contribution in [0.5, 0.6) is 0 Å². The van der Waals surface area contributed by atoms with Crippen LogP contribution in [0.15, 0.2) is 127 Å². The summed E-state index contributed by atoms with van der Waals surface area (Å²) in [5.74, 6) is 0. The molecule has 0 nitrogen and oxygen atoms in total. The normalized spacial score (nSPS) is 13.0. The van der Waals surface area contributed by atoms with Gasteiger partial charge in [0.15, 0.2) is 0 Å². The minimum Gasteiger partial charge on any atom is -0.135 e. The molecular weight excluding hydrogens is 585 g/mol. The quantitative estimate of drug-likeness (QED) is 0.135. The van der Waals surface area contributed by atoms with Gasteiger partial charge in [0.25, 0.3) is 0 Å². The van der Waals surface area contributed by atoms with Gasteiger partial charge in [0.1, 0.15) is 0 Å². The second-order valence-corrected chi connectivity index (χ2v) is 13.0. The summed E-state index contributed by atoms with van der Waals surface area (Å²) in [4.78, 5) is 0. The summed E-state index contributed by atoms with van der Waals surface area (Å²) in [7, 11) is 0. The second kappa shape index (κ2) is 15.1. The second-order valence-electron chi connectivity index (χ2n) is 11.9. The zero-order chi connectivity index (χ0) is 33.5. The molecule has 1 heterocycles. The Labute approximate surface area is 284 Å². The van der Waals surface area contributed by atoms with Gasteiger partial charge in [-0.2, -0.15) is 0 Å². The summed E-state index contributed by atoms with van der Waals surface area (Å²) in [5.41, 5.74) is 11.6. The van der Waals surface area contributed by atoms with Gasteiger partial charge in [0.05, 0.1) is 0 Å². The summed E-state index contributed by atoms with van der Waals surface area (Å²) in [6.45, 7) is 23.2. The molecule has 0 aliphatic rings. The van der Waals surface area contributed by atoms with E-state index in [1.807, 2.05) is 36.5 Å². The molecule has 234 valence electrons. The van der Waals surface area contributed by atoms with Crippen LogP contribution in [0.2, 0.25) is 0 Å². The van der Waals surface area contributed by atoms with Crippen LogP contribution in [0.4, 0.5) is 0 Å². The Balaban J connectivity index is 1.52. The molecule has 0 N–H and O–H groups in total. The zero-order valence-electron chi connectivity index (χ0n) is 28.4. The molecule has 0 unspecified atom stereocenters. The monoisotopic (exact) mass is 628 g/mol. The molecule has 1 heteroatoms. The Hall–Kier alpha value is -4.98. The maximum Gasteiger partial charge on any atom is 0.0361 e. The lowest BCUT2D eigenvalue weighted by Gasteiger charge is -2.09. The molecule has 0 saturated heterocycles. The van der Waals surface area contributed by atoms with Crippen molar-refractivity contribution in [1.29, 1.82) is 0 Å². The third-order valence-corrected chi connectivity index (χ3v) is 9.80. The SMILES string of the molecule is C=C(/C=C\C)C(=C)/C=C\c1cc/c(=C/C=C(\C)c2ccc3sc4cccc(-c5ccc(/C=C\C)c(/C=C/CC)c5)c4c3c2)c(=C)c1C. The standard InChI is InChI=1S/C46H44S/c1-9-12-16-40-29-41(26-25-38(40)15-11-3)42-17-13-18-45-46(42)43-30-39(27-28-44(43)47-45)33(6)20-22-37-24-23-36(34(7)35(37)8)21-19-32(5)31(4)14-10-2/h10-30H,4-5,8-9H2,1-3,6-7H3/b14-10-,15-11-,16-12+,21-19-,33-20+,37-22-. The van der Waals surface area contributed by atoms with E-state index in [1.165, 1.54) is 53.6 Å². The third kappa shape index (κ3) is 7.38. The molecular formula is C46H44S. The average Bonchev–Trinajstić information content (AvgIpc) is 3.46. The third-order valence-electron chi connectivity index (χ3n) is 8.66. The maximum absolute atomic E-state index is 4.42. The summed E-state index contributed by atoms with van der Waals surface area (Å²) in [6.07, 6.45) is 22.3. The van der Waals surface area contributed by atoms with E-state index in [9.17, 15) is 0 Å². The van der Waals surface area contributed by atoms with Crippen molar-refractivity contribution < 1.29 is 0 Å². The lowest BCUT2D eigenvalue weighted by Crippen LogP contribution is -2.26. The first kappa shape index (κ1) is 33.4. The van der Waals surface area contributed by atoms with Gasteiger partial charge in [-0.1, -0.05) is 130 Å². The van der Waals surface area contributed by atoms with Gasteiger partial charge in [-0.25, -0.2) is 0 Å². The zero-order valence-corrected chi connectivity index (χ0v) is 29.2. The van der Waals surface area contributed by atoms with E-state index in [4.69, 9.17) is 0 Å². The topological polar surface area (TPSA) is 0 Å². The predicted molar refractivity (Wildman–Crippen MR) is 215 cm³/mol. The first-order valence-corrected chi connectivity index (χ1v) is 17.1. The minimum atomic E-state index is 0.904. The maximum atomic E-state index is 4.42. The van der Waals surface area contributed by atoms with Crippen LogP contribution in [0.1, 0.15) is 61.9 Å². The number of benzene rings is 4. The number of fused-ring (bicyclic) bond motifs is 3. The Kier molecular flexibility index (Phi) is 10.7.